The predicted octanol–water partition coefficient (Wildman–Crippen LogP) is 3.56. The molecule has 3 heterocycles. The largest absolute Gasteiger partial charge is 0.399 e. The van der Waals surface area contributed by atoms with Crippen molar-refractivity contribution in [2.75, 3.05) is 42.7 Å². The molecule has 2 aromatic heterocycles. The van der Waals surface area contributed by atoms with Crippen LogP contribution in [-0.2, 0) is 11.3 Å². The molecule has 1 saturated carbocycles. The van der Waals surface area contributed by atoms with Gasteiger partial charge in [0, 0.05) is 31.4 Å². The topological polar surface area (TPSA) is 109 Å². The zero-order valence-electron chi connectivity index (χ0n) is 18.1. The van der Waals surface area contributed by atoms with Gasteiger partial charge in [0.1, 0.15) is 11.6 Å². The van der Waals surface area contributed by atoms with Crippen molar-refractivity contribution in [3.8, 4) is 0 Å². The van der Waals surface area contributed by atoms with Gasteiger partial charge in [0.2, 0.25) is 0 Å². The lowest BCUT2D eigenvalue weighted by Gasteiger charge is -2.28. The molecule has 5 N–H and O–H groups in total. The number of hydrogen-bond acceptors (Lipinski definition) is 9. The number of rotatable bonds is 6. The van der Waals surface area contributed by atoms with Crippen LogP contribution in [-0.4, -0.2) is 58.4 Å². The quantitative estimate of drug-likeness (QED) is 0.419. The molecule has 0 unspecified atom stereocenters. The summed E-state index contributed by atoms with van der Waals surface area (Å²) in [4.78, 5) is 11.9. The molecule has 8 nitrogen and oxygen atoms in total. The van der Waals surface area contributed by atoms with Crippen LogP contribution in [0.2, 0.25) is 0 Å². The highest BCUT2D eigenvalue weighted by Crippen LogP contribution is 2.30. The molecule has 0 spiro atoms. The Bertz CT molecular complexity index is 1060. The predicted molar refractivity (Wildman–Crippen MR) is 130 cm³/mol. The number of nitrogens with zero attached hydrogens (tertiary/aromatic N) is 3. The van der Waals surface area contributed by atoms with E-state index in [1.807, 2.05) is 18.2 Å². The Kier molecular flexibility index (Phi) is 6.40. The van der Waals surface area contributed by atoms with E-state index in [0.717, 1.165) is 91.2 Å². The van der Waals surface area contributed by atoms with Crippen LogP contribution in [0.25, 0.3) is 10.2 Å². The summed E-state index contributed by atoms with van der Waals surface area (Å²) in [5.41, 5.74) is 8.79. The third-order valence-corrected chi connectivity index (χ3v) is 7.02. The maximum absolute atomic E-state index is 9.82. The van der Waals surface area contributed by atoms with Crippen LogP contribution in [0.5, 0.6) is 0 Å². The van der Waals surface area contributed by atoms with E-state index in [4.69, 9.17) is 15.5 Å². The number of anilines is 4. The molecule has 0 amide bonds. The number of nitrogen functional groups attached to an aromatic ring is 1. The van der Waals surface area contributed by atoms with Crippen LogP contribution in [0.1, 0.15) is 31.2 Å². The molecule has 1 aliphatic carbocycles. The second-order valence-electron chi connectivity index (χ2n) is 8.66. The molecule has 3 aromatic rings. The molecular formula is C23H30N6O2S. The third-order valence-electron chi connectivity index (χ3n) is 6.09. The van der Waals surface area contributed by atoms with Crippen LogP contribution < -0.4 is 16.4 Å². The molecule has 0 bridgehead atoms. The number of aliphatic hydroxyl groups excluding tert-OH is 1. The first-order chi connectivity index (χ1) is 15.6. The van der Waals surface area contributed by atoms with E-state index in [0.29, 0.717) is 6.04 Å². The van der Waals surface area contributed by atoms with Crippen molar-refractivity contribution < 1.29 is 9.84 Å². The summed E-state index contributed by atoms with van der Waals surface area (Å²) >= 11 is 1.57. The minimum Gasteiger partial charge on any atom is -0.399 e. The summed E-state index contributed by atoms with van der Waals surface area (Å²) in [5.74, 6) is 1.64. The lowest BCUT2D eigenvalue weighted by Crippen LogP contribution is -2.35. The van der Waals surface area contributed by atoms with Gasteiger partial charge in [0.15, 0.2) is 5.13 Å². The molecule has 0 atom stereocenters. The van der Waals surface area contributed by atoms with Crippen molar-refractivity contribution in [3.63, 3.8) is 0 Å². The van der Waals surface area contributed by atoms with E-state index >= 15 is 0 Å². The molecule has 2 aliphatic rings. The van der Waals surface area contributed by atoms with Crippen LogP contribution in [0.15, 0.2) is 30.3 Å². The Hall–Kier alpha value is -2.46. The van der Waals surface area contributed by atoms with Gasteiger partial charge in [-0.3, -0.25) is 4.90 Å². The number of aromatic nitrogens is 2. The number of ether oxygens (including phenoxy) is 1. The third kappa shape index (κ3) is 5.29. The Balaban J connectivity index is 1.38. The first kappa shape index (κ1) is 21.4. The molecular weight excluding hydrogens is 424 g/mol. The lowest BCUT2D eigenvalue weighted by atomic mass is 9.93. The van der Waals surface area contributed by atoms with E-state index in [1.165, 1.54) is 5.56 Å². The van der Waals surface area contributed by atoms with E-state index in [-0.39, 0.29) is 6.10 Å². The number of nitrogens with one attached hydrogen (secondary N) is 2. The van der Waals surface area contributed by atoms with Gasteiger partial charge in [-0.1, -0.05) is 11.3 Å². The van der Waals surface area contributed by atoms with Crippen molar-refractivity contribution in [3.05, 3.63) is 35.9 Å². The van der Waals surface area contributed by atoms with Crippen molar-refractivity contribution >= 4 is 44.0 Å². The maximum Gasteiger partial charge on any atom is 0.189 e. The van der Waals surface area contributed by atoms with Crippen molar-refractivity contribution in [1.29, 1.82) is 0 Å². The minimum absolute atomic E-state index is 0.168. The number of thiazole rings is 1. The smallest absolute Gasteiger partial charge is 0.189 e. The van der Waals surface area contributed by atoms with Gasteiger partial charge in [-0.25, -0.2) is 9.97 Å². The lowest BCUT2D eigenvalue weighted by molar-refractivity contribution is 0.0342. The number of morpholine rings is 1. The number of pyridine rings is 1. The molecule has 1 aliphatic heterocycles. The Labute approximate surface area is 191 Å². The van der Waals surface area contributed by atoms with Crippen molar-refractivity contribution in [1.82, 2.24) is 14.9 Å². The number of fused-ring (bicyclic) bond motifs is 1. The SMILES string of the molecule is Nc1ccc2nc(Nc3cc(CN4CCOCC4)cc(N[C@H]4CC[C@H](O)CC4)n3)sc2c1. The minimum atomic E-state index is -0.168. The number of nitrogens with two attached hydrogens (primary N) is 1. The molecule has 170 valence electrons. The molecule has 0 radical (unpaired) electrons. The Morgan fingerprint density at radius 1 is 1.06 bits per heavy atom. The monoisotopic (exact) mass is 454 g/mol. The standard InChI is InChI=1S/C23H30N6O2S/c24-16-1-6-19-20(13-16)32-23(26-19)28-22-12-15(14-29-7-9-31-10-8-29)11-21(27-22)25-17-2-4-18(30)5-3-17/h1,6,11-13,17-18,30H,2-5,7-10,14,24H2,(H2,25,26,27,28)/t17-,18-. The summed E-state index contributed by atoms with van der Waals surface area (Å²) < 4.78 is 6.55. The number of hydrogen-bond donors (Lipinski definition) is 4. The van der Waals surface area contributed by atoms with Crippen LogP contribution >= 0.6 is 11.3 Å². The summed E-state index contributed by atoms with van der Waals surface area (Å²) in [7, 11) is 0. The highest BCUT2D eigenvalue weighted by atomic mass is 32.1. The second-order valence-corrected chi connectivity index (χ2v) is 9.69. The van der Waals surface area contributed by atoms with Gasteiger partial charge in [-0.05, 0) is 61.6 Å². The summed E-state index contributed by atoms with van der Waals surface area (Å²) in [6, 6.07) is 10.3. The van der Waals surface area contributed by atoms with Gasteiger partial charge in [-0.2, -0.15) is 0 Å². The number of benzene rings is 1. The molecule has 1 aromatic carbocycles. The average Bonchev–Trinajstić information content (AvgIpc) is 3.17. The van der Waals surface area contributed by atoms with Crippen molar-refractivity contribution in [2.24, 2.45) is 0 Å². The van der Waals surface area contributed by atoms with Gasteiger partial charge in [0.05, 0.1) is 29.5 Å². The fraction of sp³-hybridized carbons (Fsp3) is 0.478. The Morgan fingerprint density at radius 3 is 2.66 bits per heavy atom. The Morgan fingerprint density at radius 2 is 1.84 bits per heavy atom. The highest BCUT2D eigenvalue weighted by Gasteiger charge is 2.20. The molecule has 1 saturated heterocycles. The van der Waals surface area contributed by atoms with Gasteiger partial charge < -0.3 is 26.2 Å². The molecule has 5 rings (SSSR count). The summed E-state index contributed by atoms with van der Waals surface area (Å²) in [6.07, 6.45) is 3.42. The van der Waals surface area contributed by atoms with Crippen molar-refractivity contribution in [2.45, 2.75) is 44.4 Å². The van der Waals surface area contributed by atoms with E-state index in [9.17, 15) is 5.11 Å². The van der Waals surface area contributed by atoms with Gasteiger partial charge in [0.25, 0.3) is 0 Å². The molecule has 32 heavy (non-hydrogen) atoms. The van der Waals surface area contributed by atoms with E-state index in [2.05, 4.69) is 32.7 Å². The molecule has 2 fully saturated rings. The highest BCUT2D eigenvalue weighted by molar-refractivity contribution is 7.22. The first-order valence-corrected chi connectivity index (χ1v) is 12.1. The molecule has 9 heteroatoms. The number of aliphatic hydroxyl groups is 1. The maximum atomic E-state index is 9.82. The van der Waals surface area contributed by atoms with Crippen LogP contribution in [0, 0.1) is 0 Å². The van der Waals surface area contributed by atoms with Gasteiger partial charge in [-0.15, -0.1) is 0 Å². The zero-order chi connectivity index (χ0) is 21.9. The summed E-state index contributed by atoms with van der Waals surface area (Å²) in [6.45, 7) is 4.29. The summed E-state index contributed by atoms with van der Waals surface area (Å²) in [5, 5.41) is 17.6. The van der Waals surface area contributed by atoms with E-state index < -0.39 is 0 Å². The van der Waals surface area contributed by atoms with E-state index in [1.54, 1.807) is 11.3 Å². The van der Waals surface area contributed by atoms with Gasteiger partial charge >= 0.3 is 0 Å². The van der Waals surface area contributed by atoms with Crippen LogP contribution in [0.4, 0.5) is 22.5 Å². The fourth-order valence-electron chi connectivity index (χ4n) is 4.37. The average molecular weight is 455 g/mol. The fourth-order valence-corrected chi connectivity index (χ4v) is 5.29. The zero-order valence-corrected chi connectivity index (χ0v) is 18.9. The van der Waals surface area contributed by atoms with Crippen LogP contribution in [0.3, 0.4) is 0 Å². The normalized spacial score (nSPS) is 22.2. The first-order valence-electron chi connectivity index (χ1n) is 11.3. The second kappa shape index (κ2) is 9.58.